The number of carbonyl (C=O) groups is 3. The summed E-state index contributed by atoms with van der Waals surface area (Å²) in [5, 5.41) is 12.8. The molecule has 2 aliphatic heterocycles. The van der Waals surface area contributed by atoms with E-state index in [0.29, 0.717) is 30.3 Å². The second kappa shape index (κ2) is 9.42. The molecule has 2 fully saturated rings. The second-order valence-electron chi connectivity index (χ2n) is 8.98. The topological polar surface area (TPSA) is 114 Å². The van der Waals surface area contributed by atoms with Gasteiger partial charge in [-0.1, -0.05) is 11.2 Å². The van der Waals surface area contributed by atoms with Gasteiger partial charge in [0.2, 0.25) is 17.7 Å². The molecule has 0 saturated carbocycles. The number of aromatic nitrogens is 1. The van der Waals surface area contributed by atoms with Gasteiger partial charge in [-0.15, -0.1) is 0 Å². The molecule has 2 aliphatic rings. The lowest BCUT2D eigenvalue weighted by molar-refractivity contribution is -0.134. The molecule has 3 heterocycles. The molecule has 5 rings (SSSR count). The van der Waals surface area contributed by atoms with Crippen molar-refractivity contribution in [3.8, 4) is 5.75 Å². The Balaban J connectivity index is 1.24. The van der Waals surface area contributed by atoms with Crippen LogP contribution >= 0.6 is 0 Å². The van der Waals surface area contributed by atoms with E-state index in [0.717, 1.165) is 54.4 Å². The number of likely N-dealkylation sites (tertiary alicyclic amines) is 1. The van der Waals surface area contributed by atoms with Crippen molar-refractivity contribution in [2.24, 2.45) is 0 Å². The van der Waals surface area contributed by atoms with Gasteiger partial charge in [-0.2, -0.15) is 0 Å². The first-order chi connectivity index (χ1) is 16.5. The van der Waals surface area contributed by atoms with Crippen molar-refractivity contribution in [2.45, 2.75) is 44.6 Å². The van der Waals surface area contributed by atoms with E-state index in [-0.39, 0.29) is 24.1 Å². The highest BCUT2D eigenvalue weighted by Crippen LogP contribution is 2.36. The maximum atomic E-state index is 12.4. The van der Waals surface area contributed by atoms with Crippen molar-refractivity contribution in [1.82, 2.24) is 20.7 Å². The van der Waals surface area contributed by atoms with Gasteiger partial charge in [0.15, 0.2) is 5.58 Å². The molecule has 0 radical (unpaired) electrons. The van der Waals surface area contributed by atoms with E-state index in [1.807, 2.05) is 35.2 Å². The van der Waals surface area contributed by atoms with Gasteiger partial charge in [-0.3, -0.25) is 19.7 Å². The van der Waals surface area contributed by atoms with Crippen LogP contribution in [0.25, 0.3) is 21.7 Å². The average Bonchev–Trinajstić information content (AvgIpc) is 3.26. The van der Waals surface area contributed by atoms with Crippen molar-refractivity contribution in [1.29, 1.82) is 0 Å². The molecule has 9 nitrogen and oxygen atoms in total. The van der Waals surface area contributed by atoms with Crippen LogP contribution < -0.4 is 15.4 Å². The van der Waals surface area contributed by atoms with Gasteiger partial charge in [-0.25, -0.2) is 0 Å². The van der Waals surface area contributed by atoms with Crippen LogP contribution in [0.1, 0.15) is 44.2 Å². The Hall–Kier alpha value is -3.46. The third kappa shape index (κ3) is 4.48. The van der Waals surface area contributed by atoms with E-state index in [9.17, 15) is 14.4 Å². The van der Waals surface area contributed by atoms with E-state index < -0.39 is 5.92 Å². The smallest absolute Gasteiger partial charge is 0.235 e. The van der Waals surface area contributed by atoms with Gasteiger partial charge < -0.3 is 19.5 Å². The SMILES string of the molecule is CC(=O)N1CCC(NCCOc2ccc3c(ccc4onc([C@H]5CCC(=O)NC5=O)c43)c2)CC1. The van der Waals surface area contributed by atoms with E-state index in [4.69, 9.17) is 9.26 Å². The van der Waals surface area contributed by atoms with E-state index in [2.05, 4.69) is 15.8 Å². The molecule has 178 valence electrons. The minimum atomic E-state index is -0.506. The Kier molecular flexibility index (Phi) is 6.19. The third-order valence-electron chi connectivity index (χ3n) is 6.76. The molecule has 3 amide bonds. The molecule has 9 heteroatoms. The molecule has 2 saturated heterocycles. The normalized spacial score (nSPS) is 19.6. The molecule has 3 aromatic rings. The number of piperidine rings is 2. The molecular weight excluding hydrogens is 436 g/mol. The van der Waals surface area contributed by atoms with E-state index in [1.54, 1.807) is 6.92 Å². The maximum Gasteiger partial charge on any atom is 0.235 e. The first kappa shape index (κ1) is 22.3. The van der Waals surface area contributed by atoms with Crippen LogP contribution in [-0.2, 0) is 14.4 Å². The predicted molar refractivity (Wildman–Crippen MR) is 125 cm³/mol. The van der Waals surface area contributed by atoms with Gasteiger partial charge >= 0.3 is 0 Å². The van der Waals surface area contributed by atoms with E-state index in [1.165, 1.54) is 0 Å². The van der Waals surface area contributed by atoms with Gasteiger partial charge in [-0.05, 0) is 54.3 Å². The molecule has 1 atom stereocenters. The van der Waals surface area contributed by atoms with Crippen molar-refractivity contribution in [2.75, 3.05) is 26.2 Å². The van der Waals surface area contributed by atoms with Gasteiger partial charge in [0.25, 0.3) is 0 Å². The van der Waals surface area contributed by atoms with E-state index >= 15 is 0 Å². The van der Waals surface area contributed by atoms with Crippen LogP contribution in [0, 0.1) is 0 Å². The van der Waals surface area contributed by atoms with Gasteiger partial charge in [0, 0.05) is 39.0 Å². The van der Waals surface area contributed by atoms with Crippen molar-refractivity contribution >= 4 is 39.5 Å². The number of fused-ring (bicyclic) bond motifs is 3. The molecule has 1 aromatic heterocycles. The molecule has 2 N–H and O–H groups in total. The highest BCUT2D eigenvalue weighted by Gasteiger charge is 2.32. The zero-order valence-electron chi connectivity index (χ0n) is 19.1. The lowest BCUT2D eigenvalue weighted by Gasteiger charge is -2.31. The number of imide groups is 1. The Morgan fingerprint density at radius 2 is 2.03 bits per heavy atom. The number of rotatable bonds is 6. The summed E-state index contributed by atoms with van der Waals surface area (Å²) in [5.41, 5.74) is 1.18. The lowest BCUT2D eigenvalue weighted by atomic mass is 9.91. The predicted octanol–water partition coefficient (Wildman–Crippen LogP) is 2.48. The fraction of sp³-hybridized carbons (Fsp3) is 0.440. The van der Waals surface area contributed by atoms with Crippen molar-refractivity contribution in [3.05, 3.63) is 36.0 Å². The van der Waals surface area contributed by atoms with Crippen molar-refractivity contribution < 1.29 is 23.6 Å². The van der Waals surface area contributed by atoms with Crippen LogP contribution in [0.5, 0.6) is 5.75 Å². The molecule has 0 spiro atoms. The van der Waals surface area contributed by atoms with Crippen LogP contribution in [-0.4, -0.2) is 60.1 Å². The number of nitrogens with zero attached hydrogens (tertiary/aromatic N) is 2. The number of carbonyl (C=O) groups excluding carboxylic acids is 3. The van der Waals surface area contributed by atoms with Gasteiger partial charge in [0.05, 0.1) is 11.3 Å². The van der Waals surface area contributed by atoms with Gasteiger partial charge in [0.1, 0.15) is 18.1 Å². The zero-order valence-corrected chi connectivity index (χ0v) is 19.1. The standard InChI is InChI=1S/C25H28N4O5/c1-15(30)29-11-8-17(9-12-29)26-10-13-33-18-3-4-19-16(14-18)2-6-21-23(19)24(28-34-21)20-5-7-22(31)27-25(20)32/h2-4,6,14,17,20,26H,5,7-13H2,1H3,(H,27,31,32)/t20-/m1/s1. The Labute approximate surface area is 196 Å². The lowest BCUT2D eigenvalue weighted by Crippen LogP contribution is -2.45. The number of ether oxygens (including phenoxy) is 1. The summed E-state index contributed by atoms with van der Waals surface area (Å²) in [6.45, 7) is 4.49. The molecule has 0 bridgehead atoms. The number of amides is 3. The minimum absolute atomic E-state index is 0.144. The summed E-state index contributed by atoms with van der Waals surface area (Å²) in [4.78, 5) is 37.3. The number of benzene rings is 2. The Morgan fingerprint density at radius 3 is 2.79 bits per heavy atom. The largest absolute Gasteiger partial charge is 0.492 e. The van der Waals surface area contributed by atoms with Crippen LogP contribution in [0.15, 0.2) is 34.9 Å². The third-order valence-corrected chi connectivity index (χ3v) is 6.76. The molecule has 0 aliphatic carbocycles. The number of nitrogens with one attached hydrogen (secondary N) is 2. The summed E-state index contributed by atoms with van der Waals surface area (Å²) >= 11 is 0. The summed E-state index contributed by atoms with van der Waals surface area (Å²) in [6, 6.07) is 10.0. The molecule has 34 heavy (non-hydrogen) atoms. The fourth-order valence-electron chi connectivity index (χ4n) is 4.88. The van der Waals surface area contributed by atoms with Crippen molar-refractivity contribution in [3.63, 3.8) is 0 Å². The maximum absolute atomic E-state index is 12.4. The second-order valence-corrected chi connectivity index (χ2v) is 8.98. The monoisotopic (exact) mass is 464 g/mol. The highest BCUT2D eigenvalue weighted by atomic mass is 16.5. The molecule has 0 unspecified atom stereocenters. The Bertz CT molecular complexity index is 1240. The highest BCUT2D eigenvalue weighted by molar-refractivity contribution is 6.10. The Morgan fingerprint density at radius 1 is 1.21 bits per heavy atom. The van der Waals surface area contributed by atoms with Crippen LogP contribution in [0.3, 0.4) is 0 Å². The number of hydrogen-bond donors (Lipinski definition) is 2. The molecule has 2 aromatic carbocycles. The summed E-state index contributed by atoms with van der Waals surface area (Å²) < 4.78 is 11.5. The zero-order chi connectivity index (χ0) is 23.7. The summed E-state index contributed by atoms with van der Waals surface area (Å²) in [6.07, 6.45) is 2.63. The average molecular weight is 465 g/mol. The first-order valence-corrected chi connectivity index (χ1v) is 11.8. The number of hydrogen-bond acceptors (Lipinski definition) is 7. The minimum Gasteiger partial charge on any atom is -0.492 e. The fourth-order valence-corrected chi connectivity index (χ4v) is 4.88. The first-order valence-electron chi connectivity index (χ1n) is 11.8. The quantitative estimate of drug-likeness (QED) is 0.426. The van der Waals surface area contributed by atoms with Crippen LogP contribution in [0.2, 0.25) is 0 Å². The summed E-state index contributed by atoms with van der Waals surface area (Å²) in [5.74, 6) is -0.182. The molecular formula is C25H28N4O5. The van der Waals surface area contributed by atoms with Crippen LogP contribution in [0.4, 0.5) is 0 Å². The summed E-state index contributed by atoms with van der Waals surface area (Å²) in [7, 11) is 0.